The molecule has 90 valence electrons. The average Bonchev–Trinajstić information content (AvgIpc) is 2.75. The van der Waals surface area contributed by atoms with Crippen LogP contribution in [-0.2, 0) is 4.79 Å². The summed E-state index contributed by atoms with van der Waals surface area (Å²) in [7, 11) is 0. The highest BCUT2D eigenvalue weighted by Crippen LogP contribution is 2.31. The SMILES string of the molecule is N#Cc1nn(PI)c2cc(/C=C(\F)C=O)ccc12. The van der Waals surface area contributed by atoms with Crippen LogP contribution in [0.15, 0.2) is 24.0 Å². The van der Waals surface area contributed by atoms with Crippen molar-refractivity contribution in [2.45, 2.75) is 0 Å². The van der Waals surface area contributed by atoms with Crippen LogP contribution in [0.2, 0.25) is 0 Å². The second-order valence-electron chi connectivity index (χ2n) is 3.38. The van der Waals surface area contributed by atoms with Crippen LogP contribution in [0, 0.1) is 11.3 Å². The molecule has 1 aromatic heterocycles. The number of benzene rings is 1. The van der Waals surface area contributed by atoms with Gasteiger partial charge in [-0.15, -0.1) is 0 Å². The zero-order valence-corrected chi connectivity index (χ0v) is 12.1. The average molecular weight is 373 g/mol. The van der Waals surface area contributed by atoms with Crippen molar-refractivity contribution in [2.75, 3.05) is 0 Å². The third kappa shape index (κ3) is 2.42. The molecule has 0 amide bonds. The largest absolute Gasteiger partial charge is 0.295 e. The molecule has 1 heterocycles. The number of fused-ring (bicyclic) bond motifs is 1. The fourth-order valence-electron chi connectivity index (χ4n) is 1.56. The minimum Gasteiger partial charge on any atom is -0.295 e. The van der Waals surface area contributed by atoms with Crippen LogP contribution in [0.1, 0.15) is 11.3 Å². The highest BCUT2D eigenvalue weighted by Gasteiger charge is 2.09. The summed E-state index contributed by atoms with van der Waals surface area (Å²) in [5.74, 6) is -0.835. The molecule has 0 aliphatic carbocycles. The maximum atomic E-state index is 12.9. The van der Waals surface area contributed by atoms with Crippen LogP contribution >= 0.6 is 28.4 Å². The van der Waals surface area contributed by atoms with Crippen molar-refractivity contribution < 1.29 is 9.18 Å². The van der Waals surface area contributed by atoms with Crippen LogP contribution < -0.4 is 0 Å². The molecule has 0 saturated carbocycles. The molecule has 1 atom stereocenters. The molecule has 4 nitrogen and oxygen atoms in total. The summed E-state index contributed by atoms with van der Waals surface area (Å²) in [6.07, 6.45) is 1.64. The number of carbonyl (C=O) groups is 1. The summed E-state index contributed by atoms with van der Waals surface area (Å²) in [4.78, 5) is 10.2. The lowest BCUT2D eigenvalue weighted by Crippen LogP contribution is -1.84. The highest BCUT2D eigenvalue weighted by atomic mass is 127. The molecule has 2 aromatic rings. The van der Waals surface area contributed by atoms with E-state index >= 15 is 0 Å². The van der Waals surface area contributed by atoms with Crippen molar-refractivity contribution in [1.29, 1.82) is 5.26 Å². The Labute approximate surface area is 117 Å². The fraction of sp³-hybridized carbons (Fsp3) is 0. The van der Waals surface area contributed by atoms with Gasteiger partial charge < -0.3 is 0 Å². The van der Waals surface area contributed by atoms with Crippen molar-refractivity contribution in [2.24, 2.45) is 0 Å². The molecule has 1 aromatic carbocycles. The number of aromatic nitrogens is 2. The van der Waals surface area contributed by atoms with Gasteiger partial charge in [-0.2, -0.15) is 10.4 Å². The second-order valence-corrected chi connectivity index (χ2v) is 5.42. The maximum Gasteiger partial charge on any atom is 0.178 e. The molecule has 2 rings (SSSR count). The minimum atomic E-state index is -0.835. The summed E-state index contributed by atoms with van der Waals surface area (Å²) in [6.45, 7) is 0. The van der Waals surface area contributed by atoms with Gasteiger partial charge >= 0.3 is 0 Å². The Bertz CT molecular complexity index is 689. The second kappa shape index (κ2) is 5.55. The quantitative estimate of drug-likeness (QED) is 0.359. The molecule has 0 radical (unpaired) electrons. The number of hydrogen-bond donors (Lipinski definition) is 0. The van der Waals surface area contributed by atoms with E-state index in [-0.39, 0.29) is 6.29 Å². The number of rotatable bonds is 3. The third-order valence-electron chi connectivity index (χ3n) is 2.31. The molecule has 0 N–H and O–H groups in total. The van der Waals surface area contributed by atoms with Gasteiger partial charge in [-0.3, -0.25) is 4.79 Å². The van der Waals surface area contributed by atoms with E-state index in [1.807, 2.05) is 6.07 Å². The van der Waals surface area contributed by atoms with Crippen molar-refractivity contribution in [3.63, 3.8) is 0 Å². The standard InChI is InChI=1S/C11H6FIN3OP/c12-8(6-17)3-7-1-2-9-10(5-14)15-16(18-13)11(9)4-7/h1-4,6,18H/b8-3-. The zero-order chi connectivity index (χ0) is 13.1. The molecule has 0 spiro atoms. The smallest absolute Gasteiger partial charge is 0.178 e. The van der Waals surface area contributed by atoms with Gasteiger partial charge in [-0.25, -0.2) is 8.84 Å². The van der Waals surface area contributed by atoms with Crippen LogP contribution in [-0.4, -0.2) is 15.8 Å². The molecular formula is C11H6FIN3OP. The lowest BCUT2D eigenvalue weighted by atomic mass is 10.1. The van der Waals surface area contributed by atoms with Crippen molar-refractivity contribution >= 4 is 51.7 Å². The first-order valence-corrected chi connectivity index (χ1v) is 8.87. The van der Waals surface area contributed by atoms with Crippen molar-refractivity contribution in [3.05, 3.63) is 35.3 Å². The monoisotopic (exact) mass is 373 g/mol. The summed E-state index contributed by atoms with van der Waals surface area (Å²) in [5, 5.41) is 13.8. The van der Waals surface area contributed by atoms with E-state index in [0.29, 0.717) is 17.6 Å². The molecule has 0 fully saturated rings. The van der Waals surface area contributed by atoms with Crippen LogP contribution in [0.5, 0.6) is 0 Å². The molecule has 0 saturated heterocycles. The molecule has 1 unspecified atom stereocenters. The Morgan fingerprint density at radius 1 is 1.61 bits per heavy atom. The van der Waals surface area contributed by atoms with Crippen molar-refractivity contribution in [1.82, 2.24) is 9.55 Å². The van der Waals surface area contributed by atoms with Gasteiger partial charge in [-0.1, -0.05) is 6.07 Å². The summed E-state index contributed by atoms with van der Waals surface area (Å²) in [5.41, 5.74) is 1.67. The Morgan fingerprint density at radius 2 is 2.39 bits per heavy atom. The summed E-state index contributed by atoms with van der Waals surface area (Å²) in [6, 6.07) is 7.08. The van der Waals surface area contributed by atoms with Gasteiger partial charge in [0.25, 0.3) is 0 Å². The van der Waals surface area contributed by atoms with Gasteiger partial charge in [0.2, 0.25) is 0 Å². The van der Waals surface area contributed by atoms with E-state index in [2.05, 4.69) is 27.1 Å². The zero-order valence-electron chi connectivity index (χ0n) is 8.89. The van der Waals surface area contributed by atoms with Crippen LogP contribution in [0.4, 0.5) is 4.39 Å². The molecule has 7 heteroatoms. The Hall–Kier alpha value is -1.32. The van der Waals surface area contributed by atoms with Gasteiger partial charge in [0.1, 0.15) is 6.07 Å². The predicted octanol–water partition coefficient (Wildman–Crippen LogP) is 3.21. The fourth-order valence-corrected chi connectivity index (χ4v) is 3.08. The molecule has 0 bridgehead atoms. The first kappa shape index (κ1) is 13.1. The molecular weight excluding hydrogens is 367 g/mol. The van der Waals surface area contributed by atoms with E-state index < -0.39 is 5.83 Å². The number of aldehydes is 1. The Kier molecular flexibility index (Phi) is 4.04. The number of carbonyl (C=O) groups excluding carboxylic acids is 1. The van der Waals surface area contributed by atoms with E-state index in [1.165, 1.54) is 0 Å². The van der Waals surface area contributed by atoms with E-state index in [9.17, 15) is 9.18 Å². The molecule has 0 aliphatic heterocycles. The van der Waals surface area contributed by atoms with Gasteiger partial charge in [0.05, 0.1) is 11.9 Å². The molecule has 0 aliphatic rings. The normalized spacial score (nSPS) is 12.2. The Balaban J connectivity index is 2.64. The van der Waals surface area contributed by atoms with Crippen LogP contribution in [0.3, 0.4) is 0 Å². The van der Waals surface area contributed by atoms with Gasteiger partial charge in [0, 0.05) is 5.39 Å². The van der Waals surface area contributed by atoms with Crippen LogP contribution in [0.25, 0.3) is 17.0 Å². The van der Waals surface area contributed by atoms with Gasteiger partial charge in [-0.05, 0) is 45.8 Å². The lowest BCUT2D eigenvalue weighted by molar-refractivity contribution is -0.106. The van der Waals surface area contributed by atoms with Crippen molar-refractivity contribution in [3.8, 4) is 6.07 Å². The predicted molar refractivity (Wildman–Crippen MR) is 77.3 cm³/mol. The third-order valence-corrected chi connectivity index (χ3v) is 4.18. The van der Waals surface area contributed by atoms with E-state index in [4.69, 9.17) is 5.26 Å². The first-order valence-electron chi connectivity index (χ1n) is 4.81. The van der Waals surface area contributed by atoms with Gasteiger partial charge in [0.15, 0.2) is 17.8 Å². The highest BCUT2D eigenvalue weighted by molar-refractivity contribution is 14.2. The summed E-state index contributed by atoms with van der Waals surface area (Å²) < 4.78 is 14.6. The van der Waals surface area contributed by atoms with E-state index in [0.717, 1.165) is 17.0 Å². The number of nitrogens with zero attached hydrogens (tertiary/aromatic N) is 3. The number of allylic oxidation sites excluding steroid dienone is 1. The first-order chi connectivity index (χ1) is 8.69. The topological polar surface area (TPSA) is 58.7 Å². The van der Waals surface area contributed by atoms with E-state index in [1.54, 1.807) is 22.7 Å². The summed E-state index contributed by atoms with van der Waals surface area (Å²) >= 11 is 2.15. The number of hydrogen-bond acceptors (Lipinski definition) is 3. The minimum absolute atomic E-state index is 0.155. The number of nitriles is 1. The lowest BCUT2D eigenvalue weighted by Gasteiger charge is -1.98. The molecule has 18 heavy (non-hydrogen) atoms. The Morgan fingerprint density at radius 3 is 3.00 bits per heavy atom. The number of halogens is 2. The maximum absolute atomic E-state index is 12.9.